The summed E-state index contributed by atoms with van der Waals surface area (Å²) in [5.74, 6) is 0.779. The maximum absolute atomic E-state index is 12.6. The molecule has 2 aliphatic heterocycles. The van der Waals surface area contributed by atoms with E-state index in [0.29, 0.717) is 12.5 Å². The van der Waals surface area contributed by atoms with E-state index in [1.807, 2.05) is 28.6 Å². The summed E-state index contributed by atoms with van der Waals surface area (Å²) < 4.78 is 7.43. The molecule has 2 aromatic heterocycles. The van der Waals surface area contributed by atoms with Gasteiger partial charge in [0.25, 0.3) is 0 Å². The molecule has 0 aliphatic carbocycles. The first-order valence-corrected chi connectivity index (χ1v) is 8.90. The monoisotopic (exact) mass is 328 g/mol. The number of piperidine rings is 1. The molecule has 2 fully saturated rings. The smallest absolute Gasteiger partial charge is 0.228 e. The van der Waals surface area contributed by atoms with Crippen molar-refractivity contribution in [2.45, 2.75) is 38.5 Å². The zero-order valence-corrected chi connectivity index (χ0v) is 14.1. The zero-order valence-electron chi connectivity index (χ0n) is 14.1. The molecule has 6 heteroatoms. The van der Waals surface area contributed by atoms with Gasteiger partial charge in [0.15, 0.2) is 5.65 Å². The van der Waals surface area contributed by atoms with Gasteiger partial charge in [-0.2, -0.15) is 5.10 Å². The SMILES string of the molecule is Cc1cc2nccc(C3CCN(C(=O)[C@@H]4CCCOC4)CC3)n2n1. The molecule has 4 rings (SSSR count). The minimum absolute atomic E-state index is 0.0664. The van der Waals surface area contributed by atoms with E-state index in [1.165, 1.54) is 5.69 Å². The summed E-state index contributed by atoms with van der Waals surface area (Å²) in [5, 5.41) is 4.57. The Morgan fingerprint density at radius 2 is 2.12 bits per heavy atom. The Labute approximate surface area is 141 Å². The molecule has 4 heterocycles. The van der Waals surface area contributed by atoms with E-state index >= 15 is 0 Å². The lowest BCUT2D eigenvalue weighted by molar-refractivity contribution is -0.140. The van der Waals surface area contributed by atoms with E-state index in [4.69, 9.17) is 4.74 Å². The van der Waals surface area contributed by atoms with Crippen LogP contribution in [0.2, 0.25) is 0 Å². The number of carbonyl (C=O) groups excluding carboxylic acids is 1. The Bertz CT molecular complexity index is 728. The number of amides is 1. The standard InChI is InChI=1S/C18H24N4O2/c1-13-11-17-19-7-4-16(22(17)20-13)14-5-8-21(9-6-14)18(23)15-3-2-10-24-12-15/h4,7,11,14-15H,2-3,5-6,8-10,12H2,1H3/t15-/m1/s1. The fourth-order valence-electron chi connectivity index (χ4n) is 3.93. The highest BCUT2D eigenvalue weighted by Crippen LogP contribution is 2.29. The van der Waals surface area contributed by atoms with Gasteiger partial charge in [-0.25, -0.2) is 9.50 Å². The van der Waals surface area contributed by atoms with Gasteiger partial charge in [0.05, 0.1) is 18.2 Å². The van der Waals surface area contributed by atoms with Crippen molar-refractivity contribution in [2.75, 3.05) is 26.3 Å². The number of nitrogens with zero attached hydrogens (tertiary/aromatic N) is 4. The lowest BCUT2D eigenvalue weighted by atomic mass is 9.91. The first-order chi connectivity index (χ1) is 11.7. The van der Waals surface area contributed by atoms with Crippen LogP contribution in [0, 0.1) is 12.8 Å². The number of rotatable bonds is 2. The van der Waals surface area contributed by atoms with Gasteiger partial charge in [-0.05, 0) is 38.7 Å². The molecule has 6 nitrogen and oxygen atoms in total. The largest absolute Gasteiger partial charge is 0.381 e. The van der Waals surface area contributed by atoms with Gasteiger partial charge in [0, 0.05) is 43.6 Å². The highest BCUT2D eigenvalue weighted by Gasteiger charge is 2.30. The van der Waals surface area contributed by atoms with Crippen LogP contribution in [0.5, 0.6) is 0 Å². The molecule has 0 saturated carbocycles. The Kier molecular flexibility index (Phi) is 4.22. The summed E-state index contributed by atoms with van der Waals surface area (Å²) in [6, 6.07) is 4.07. The maximum atomic E-state index is 12.6. The average molecular weight is 328 g/mol. The highest BCUT2D eigenvalue weighted by atomic mass is 16.5. The second-order valence-electron chi connectivity index (χ2n) is 6.94. The third kappa shape index (κ3) is 2.90. The molecular weight excluding hydrogens is 304 g/mol. The van der Waals surface area contributed by atoms with Crippen molar-refractivity contribution in [3.05, 3.63) is 29.7 Å². The van der Waals surface area contributed by atoms with Gasteiger partial charge in [0.1, 0.15) is 0 Å². The number of aromatic nitrogens is 3. The van der Waals surface area contributed by atoms with Gasteiger partial charge in [-0.3, -0.25) is 4.79 Å². The fourth-order valence-corrected chi connectivity index (χ4v) is 3.93. The van der Waals surface area contributed by atoms with E-state index in [9.17, 15) is 4.79 Å². The number of hydrogen-bond donors (Lipinski definition) is 0. The predicted molar refractivity (Wildman–Crippen MR) is 89.8 cm³/mol. The second kappa shape index (κ2) is 6.51. The molecule has 0 radical (unpaired) electrons. The van der Waals surface area contributed by atoms with Crippen LogP contribution in [-0.4, -0.2) is 51.7 Å². The van der Waals surface area contributed by atoms with E-state index in [2.05, 4.69) is 16.1 Å². The van der Waals surface area contributed by atoms with Gasteiger partial charge >= 0.3 is 0 Å². The van der Waals surface area contributed by atoms with Crippen molar-refractivity contribution in [1.82, 2.24) is 19.5 Å². The van der Waals surface area contributed by atoms with Crippen LogP contribution in [0.15, 0.2) is 18.3 Å². The molecule has 1 atom stereocenters. The lowest BCUT2D eigenvalue weighted by Gasteiger charge is -2.35. The van der Waals surface area contributed by atoms with Gasteiger partial charge in [0.2, 0.25) is 5.91 Å². The topological polar surface area (TPSA) is 59.7 Å². The van der Waals surface area contributed by atoms with E-state index in [0.717, 1.165) is 56.7 Å². The second-order valence-corrected chi connectivity index (χ2v) is 6.94. The van der Waals surface area contributed by atoms with Crippen molar-refractivity contribution < 1.29 is 9.53 Å². The molecule has 2 aliphatic rings. The zero-order chi connectivity index (χ0) is 16.5. The molecule has 0 N–H and O–H groups in total. The van der Waals surface area contributed by atoms with Gasteiger partial charge in [-0.15, -0.1) is 0 Å². The number of carbonyl (C=O) groups is 1. The Hall–Kier alpha value is -1.95. The molecule has 2 aromatic rings. The van der Waals surface area contributed by atoms with Gasteiger partial charge < -0.3 is 9.64 Å². The first-order valence-electron chi connectivity index (χ1n) is 8.90. The quantitative estimate of drug-likeness (QED) is 0.848. The maximum Gasteiger partial charge on any atom is 0.228 e. The number of hydrogen-bond acceptors (Lipinski definition) is 4. The van der Waals surface area contributed by atoms with Crippen LogP contribution < -0.4 is 0 Å². The summed E-state index contributed by atoms with van der Waals surface area (Å²) in [6.07, 6.45) is 5.80. The minimum Gasteiger partial charge on any atom is -0.381 e. The van der Waals surface area contributed by atoms with Crippen LogP contribution in [-0.2, 0) is 9.53 Å². The molecule has 0 bridgehead atoms. The van der Waals surface area contributed by atoms with E-state index in [1.54, 1.807) is 0 Å². The highest BCUT2D eigenvalue weighted by molar-refractivity contribution is 5.79. The van der Waals surface area contributed by atoms with E-state index in [-0.39, 0.29) is 11.8 Å². The molecule has 24 heavy (non-hydrogen) atoms. The van der Waals surface area contributed by atoms with E-state index < -0.39 is 0 Å². The lowest BCUT2D eigenvalue weighted by Crippen LogP contribution is -2.43. The number of aryl methyl sites for hydroxylation is 1. The third-order valence-electron chi connectivity index (χ3n) is 5.24. The predicted octanol–water partition coefficient (Wildman–Crippen LogP) is 2.17. The summed E-state index contributed by atoms with van der Waals surface area (Å²) in [7, 11) is 0. The normalized spacial score (nSPS) is 22.9. The summed E-state index contributed by atoms with van der Waals surface area (Å²) in [6.45, 7) is 5.03. The Morgan fingerprint density at radius 3 is 2.88 bits per heavy atom. The third-order valence-corrected chi connectivity index (χ3v) is 5.24. The first kappa shape index (κ1) is 15.6. The molecule has 0 spiro atoms. The molecule has 0 unspecified atom stereocenters. The Morgan fingerprint density at radius 1 is 1.29 bits per heavy atom. The molecule has 1 amide bonds. The van der Waals surface area contributed by atoms with Crippen LogP contribution in [0.25, 0.3) is 5.65 Å². The van der Waals surface area contributed by atoms with Crippen LogP contribution >= 0.6 is 0 Å². The van der Waals surface area contributed by atoms with Crippen LogP contribution in [0.3, 0.4) is 0 Å². The number of ether oxygens (including phenoxy) is 1. The van der Waals surface area contributed by atoms with Crippen molar-refractivity contribution in [1.29, 1.82) is 0 Å². The Balaban J connectivity index is 1.44. The summed E-state index contributed by atoms with van der Waals surface area (Å²) >= 11 is 0. The van der Waals surface area contributed by atoms with Crippen molar-refractivity contribution in [3.8, 4) is 0 Å². The molecule has 0 aromatic carbocycles. The average Bonchev–Trinajstić information content (AvgIpc) is 3.02. The summed E-state index contributed by atoms with van der Waals surface area (Å²) in [4.78, 5) is 19.0. The van der Waals surface area contributed by atoms with Crippen molar-refractivity contribution in [2.24, 2.45) is 5.92 Å². The molecular formula is C18H24N4O2. The fraction of sp³-hybridized carbons (Fsp3) is 0.611. The minimum atomic E-state index is 0.0664. The van der Waals surface area contributed by atoms with Crippen molar-refractivity contribution >= 4 is 11.6 Å². The number of fused-ring (bicyclic) bond motifs is 1. The van der Waals surface area contributed by atoms with Crippen molar-refractivity contribution in [3.63, 3.8) is 0 Å². The van der Waals surface area contributed by atoms with Crippen LogP contribution in [0.1, 0.15) is 43.0 Å². The summed E-state index contributed by atoms with van der Waals surface area (Å²) in [5.41, 5.74) is 3.10. The number of likely N-dealkylation sites (tertiary alicyclic amines) is 1. The molecule has 2 saturated heterocycles. The molecule has 128 valence electrons. The van der Waals surface area contributed by atoms with Gasteiger partial charge in [-0.1, -0.05) is 0 Å². The van der Waals surface area contributed by atoms with Crippen LogP contribution in [0.4, 0.5) is 0 Å².